The van der Waals surface area contributed by atoms with Crippen LogP contribution in [-0.4, -0.2) is 36.7 Å². The van der Waals surface area contributed by atoms with Gasteiger partial charge in [-0.25, -0.2) is 18.2 Å². The highest BCUT2D eigenvalue weighted by molar-refractivity contribution is 7.91. The molecule has 0 aliphatic rings. The van der Waals surface area contributed by atoms with E-state index in [0.717, 1.165) is 12.8 Å². The van der Waals surface area contributed by atoms with Gasteiger partial charge in [0.1, 0.15) is 5.69 Å². The number of esters is 1. The first kappa shape index (κ1) is 14.7. The van der Waals surface area contributed by atoms with Crippen LogP contribution in [0.4, 0.5) is 0 Å². The van der Waals surface area contributed by atoms with E-state index in [1.807, 2.05) is 6.92 Å². The zero-order chi connectivity index (χ0) is 13.6. The van der Waals surface area contributed by atoms with Crippen molar-refractivity contribution in [3.05, 3.63) is 11.9 Å². The van der Waals surface area contributed by atoms with Crippen LogP contribution in [0.15, 0.2) is 11.4 Å². The average molecular weight is 274 g/mol. The summed E-state index contributed by atoms with van der Waals surface area (Å²) >= 11 is 0. The van der Waals surface area contributed by atoms with Gasteiger partial charge in [0, 0.05) is 0 Å². The number of ether oxygens (including phenoxy) is 1. The normalized spacial score (nSPS) is 11.4. The molecular formula is C11H18N2O4S. The molecule has 0 aliphatic heterocycles. The lowest BCUT2D eigenvalue weighted by molar-refractivity contribution is 0.0519. The van der Waals surface area contributed by atoms with Gasteiger partial charge in [-0.15, -0.1) is 0 Å². The van der Waals surface area contributed by atoms with Crippen molar-refractivity contribution < 1.29 is 17.9 Å². The molecule has 0 bridgehead atoms. The SMILES string of the molecule is CCCCCS(=O)(=O)c1ncc(C(=O)OCC)[nH]1. The third-order valence-electron chi connectivity index (χ3n) is 2.36. The topological polar surface area (TPSA) is 89.1 Å². The van der Waals surface area contributed by atoms with E-state index in [0.29, 0.717) is 6.42 Å². The minimum atomic E-state index is -3.43. The first-order chi connectivity index (χ1) is 8.51. The van der Waals surface area contributed by atoms with E-state index in [2.05, 4.69) is 9.97 Å². The number of carbonyl (C=O) groups is 1. The lowest BCUT2D eigenvalue weighted by atomic mass is 10.3. The van der Waals surface area contributed by atoms with Crippen molar-refractivity contribution in [2.45, 2.75) is 38.3 Å². The molecule has 0 fully saturated rings. The molecule has 0 saturated carbocycles. The second-order valence-corrected chi connectivity index (χ2v) is 5.87. The Morgan fingerprint density at radius 2 is 2.11 bits per heavy atom. The number of sulfone groups is 1. The fourth-order valence-electron chi connectivity index (χ4n) is 1.41. The summed E-state index contributed by atoms with van der Waals surface area (Å²) in [4.78, 5) is 17.6. The second kappa shape index (κ2) is 6.53. The summed E-state index contributed by atoms with van der Waals surface area (Å²) < 4.78 is 28.5. The number of aromatic nitrogens is 2. The largest absolute Gasteiger partial charge is 0.461 e. The minimum Gasteiger partial charge on any atom is -0.461 e. The van der Waals surface area contributed by atoms with Gasteiger partial charge in [-0.2, -0.15) is 0 Å². The summed E-state index contributed by atoms with van der Waals surface area (Å²) in [5.74, 6) is -0.559. The molecule has 1 heterocycles. The summed E-state index contributed by atoms with van der Waals surface area (Å²) in [6.07, 6.45) is 3.57. The van der Waals surface area contributed by atoms with Crippen LogP contribution < -0.4 is 0 Å². The van der Waals surface area contributed by atoms with E-state index in [9.17, 15) is 13.2 Å². The molecule has 0 spiro atoms. The molecule has 0 unspecified atom stereocenters. The van der Waals surface area contributed by atoms with Crippen molar-refractivity contribution in [3.63, 3.8) is 0 Å². The Balaban J connectivity index is 2.75. The van der Waals surface area contributed by atoms with E-state index in [1.165, 1.54) is 6.20 Å². The number of aromatic amines is 1. The van der Waals surface area contributed by atoms with Crippen LogP contribution in [0.1, 0.15) is 43.6 Å². The van der Waals surface area contributed by atoms with Crippen LogP contribution in [0.2, 0.25) is 0 Å². The van der Waals surface area contributed by atoms with Crippen molar-refractivity contribution in [2.75, 3.05) is 12.4 Å². The molecule has 6 nitrogen and oxygen atoms in total. The predicted molar refractivity (Wildman–Crippen MR) is 66.1 cm³/mol. The molecule has 18 heavy (non-hydrogen) atoms. The predicted octanol–water partition coefficient (Wildman–Crippen LogP) is 1.55. The number of unbranched alkanes of at least 4 members (excludes halogenated alkanes) is 2. The van der Waals surface area contributed by atoms with Gasteiger partial charge in [-0.1, -0.05) is 19.8 Å². The lowest BCUT2D eigenvalue weighted by Crippen LogP contribution is -2.10. The fourth-order valence-corrected chi connectivity index (χ4v) is 2.67. The number of nitrogens with one attached hydrogen (secondary N) is 1. The van der Waals surface area contributed by atoms with E-state index < -0.39 is 15.8 Å². The Morgan fingerprint density at radius 1 is 1.39 bits per heavy atom. The van der Waals surface area contributed by atoms with Crippen LogP contribution in [0.5, 0.6) is 0 Å². The fraction of sp³-hybridized carbons (Fsp3) is 0.636. The van der Waals surface area contributed by atoms with Gasteiger partial charge < -0.3 is 9.72 Å². The molecule has 0 saturated heterocycles. The monoisotopic (exact) mass is 274 g/mol. The molecular weight excluding hydrogens is 256 g/mol. The maximum absolute atomic E-state index is 11.9. The third kappa shape index (κ3) is 3.83. The highest BCUT2D eigenvalue weighted by Gasteiger charge is 2.20. The molecule has 0 aliphatic carbocycles. The van der Waals surface area contributed by atoms with E-state index in [4.69, 9.17) is 4.74 Å². The zero-order valence-electron chi connectivity index (χ0n) is 10.6. The van der Waals surface area contributed by atoms with Crippen molar-refractivity contribution in [1.29, 1.82) is 0 Å². The first-order valence-corrected chi connectivity index (χ1v) is 7.61. The molecule has 1 rings (SSSR count). The van der Waals surface area contributed by atoms with Crippen LogP contribution in [-0.2, 0) is 14.6 Å². The second-order valence-electron chi connectivity index (χ2n) is 3.85. The summed E-state index contributed by atoms with van der Waals surface area (Å²) in [5, 5.41) is -0.165. The van der Waals surface area contributed by atoms with Crippen molar-refractivity contribution in [1.82, 2.24) is 9.97 Å². The van der Waals surface area contributed by atoms with Crippen molar-refractivity contribution in [3.8, 4) is 0 Å². The Kier molecular flexibility index (Phi) is 5.33. The molecule has 0 atom stereocenters. The van der Waals surface area contributed by atoms with Gasteiger partial charge >= 0.3 is 5.97 Å². The van der Waals surface area contributed by atoms with E-state index in [1.54, 1.807) is 6.92 Å². The van der Waals surface area contributed by atoms with Crippen molar-refractivity contribution in [2.24, 2.45) is 0 Å². The Hall–Kier alpha value is -1.37. The third-order valence-corrected chi connectivity index (χ3v) is 3.98. The van der Waals surface area contributed by atoms with E-state index >= 15 is 0 Å². The molecule has 1 N–H and O–H groups in total. The molecule has 1 aromatic heterocycles. The zero-order valence-corrected chi connectivity index (χ0v) is 11.4. The van der Waals surface area contributed by atoms with Gasteiger partial charge in [0.15, 0.2) is 0 Å². The molecule has 0 amide bonds. The Bertz CT molecular complexity index is 493. The summed E-state index contributed by atoms with van der Waals surface area (Å²) in [5.41, 5.74) is 0.0610. The van der Waals surface area contributed by atoms with Crippen LogP contribution >= 0.6 is 0 Å². The molecule has 7 heteroatoms. The number of hydrogen-bond acceptors (Lipinski definition) is 5. The number of H-pyrrole nitrogens is 1. The quantitative estimate of drug-likeness (QED) is 0.602. The number of carbonyl (C=O) groups excluding carboxylic acids is 1. The van der Waals surface area contributed by atoms with Crippen LogP contribution in [0, 0.1) is 0 Å². The molecule has 102 valence electrons. The van der Waals surface area contributed by atoms with Gasteiger partial charge in [-0.05, 0) is 13.3 Å². The maximum Gasteiger partial charge on any atom is 0.356 e. The van der Waals surface area contributed by atoms with Crippen molar-refractivity contribution >= 4 is 15.8 Å². The molecule has 0 radical (unpaired) electrons. The number of imidazole rings is 1. The lowest BCUT2D eigenvalue weighted by Gasteiger charge is -2.00. The van der Waals surface area contributed by atoms with Gasteiger partial charge in [-0.3, -0.25) is 0 Å². The maximum atomic E-state index is 11.9. The molecule has 0 aromatic carbocycles. The number of rotatable bonds is 7. The Morgan fingerprint density at radius 3 is 2.72 bits per heavy atom. The molecule has 1 aromatic rings. The highest BCUT2D eigenvalue weighted by Crippen LogP contribution is 2.10. The van der Waals surface area contributed by atoms with Gasteiger partial charge in [0.2, 0.25) is 15.0 Å². The minimum absolute atomic E-state index is 0.0383. The smallest absolute Gasteiger partial charge is 0.356 e. The van der Waals surface area contributed by atoms with Gasteiger partial charge in [0.25, 0.3) is 0 Å². The average Bonchev–Trinajstić information content (AvgIpc) is 2.79. The van der Waals surface area contributed by atoms with Gasteiger partial charge in [0.05, 0.1) is 18.6 Å². The summed E-state index contributed by atoms with van der Waals surface area (Å²) in [7, 11) is -3.43. The number of hydrogen-bond donors (Lipinski definition) is 1. The van der Waals surface area contributed by atoms with Crippen LogP contribution in [0.3, 0.4) is 0 Å². The summed E-state index contributed by atoms with van der Waals surface area (Å²) in [6, 6.07) is 0. The standard InChI is InChI=1S/C11H18N2O4S/c1-3-5-6-7-18(15,16)11-12-8-9(13-11)10(14)17-4-2/h8H,3-7H2,1-2H3,(H,12,13). The van der Waals surface area contributed by atoms with E-state index in [-0.39, 0.29) is 23.2 Å². The van der Waals surface area contributed by atoms with Crippen LogP contribution in [0.25, 0.3) is 0 Å². The summed E-state index contributed by atoms with van der Waals surface area (Å²) in [6.45, 7) is 3.91. The Labute approximate surface area is 107 Å². The first-order valence-electron chi connectivity index (χ1n) is 5.96. The highest BCUT2D eigenvalue weighted by atomic mass is 32.2. The number of nitrogens with zero attached hydrogens (tertiary/aromatic N) is 1.